The van der Waals surface area contributed by atoms with Crippen LogP contribution in [0.15, 0.2) is 70.9 Å². The number of aryl methyl sites for hydroxylation is 1. The molecule has 25 heavy (non-hydrogen) atoms. The van der Waals surface area contributed by atoms with Gasteiger partial charge in [-0.25, -0.2) is 0 Å². The van der Waals surface area contributed by atoms with Gasteiger partial charge < -0.3 is 9.73 Å². The van der Waals surface area contributed by atoms with Gasteiger partial charge in [0.05, 0.1) is 5.56 Å². The smallest absolute Gasteiger partial charge is 0.258 e. The zero-order valence-electron chi connectivity index (χ0n) is 15.1. The van der Waals surface area contributed by atoms with Crippen LogP contribution in [-0.4, -0.2) is 5.91 Å². The van der Waals surface area contributed by atoms with Crippen LogP contribution < -0.4 is 5.32 Å². The molecule has 0 aliphatic carbocycles. The average Bonchev–Trinajstić information content (AvgIpc) is 3.05. The Labute approximate surface area is 149 Å². The minimum atomic E-state index is -0.172. The van der Waals surface area contributed by atoms with Crippen molar-refractivity contribution in [2.75, 3.05) is 5.32 Å². The molecule has 130 valence electrons. The van der Waals surface area contributed by atoms with Gasteiger partial charge in [0, 0.05) is 5.69 Å². The third-order valence-electron chi connectivity index (χ3n) is 3.91. The van der Waals surface area contributed by atoms with Gasteiger partial charge in [-0.1, -0.05) is 47.6 Å². The van der Waals surface area contributed by atoms with E-state index in [0.717, 1.165) is 24.1 Å². The molecule has 0 radical (unpaired) electrons. The maximum Gasteiger partial charge on any atom is 0.258 e. The average molecular weight is 335 g/mol. The van der Waals surface area contributed by atoms with Crippen molar-refractivity contribution < 1.29 is 9.21 Å². The van der Waals surface area contributed by atoms with Crippen LogP contribution in [0.3, 0.4) is 0 Å². The Kier molecular flexibility index (Phi) is 6.58. The van der Waals surface area contributed by atoms with Gasteiger partial charge in [0.2, 0.25) is 0 Å². The summed E-state index contributed by atoms with van der Waals surface area (Å²) in [6, 6.07) is 9.46. The SMILES string of the molecule is C=C/C(C)=C\CC/C(C)=C/c1cc(C(=O)Nc2ccc(C)cc2)co1. The lowest BCUT2D eigenvalue weighted by molar-refractivity contribution is 0.102. The molecule has 0 aliphatic heterocycles. The van der Waals surface area contributed by atoms with Crippen LogP contribution in [0.5, 0.6) is 0 Å². The molecule has 1 aromatic carbocycles. The lowest BCUT2D eigenvalue weighted by Gasteiger charge is -2.03. The van der Waals surface area contributed by atoms with Crippen LogP contribution >= 0.6 is 0 Å². The van der Waals surface area contributed by atoms with Crippen LogP contribution in [0.2, 0.25) is 0 Å². The van der Waals surface area contributed by atoms with Crippen molar-refractivity contribution in [3.05, 3.63) is 83.4 Å². The highest BCUT2D eigenvalue weighted by atomic mass is 16.3. The molecular formula is C22H25NO2. The van der Waals surface area contributed by atoms with Gasteiger partial charge in [0.15, 0.2) is 0 Å². The van der Waals surface area contributed by atoms with E-state index in [1.807, 2.05) is 50.3 Å². The molecule has 2 rings (SSSR count). The van der Waals surface area contributed by atoms with Crippen molar-refractivity contribution in [2.24, 2.45) is 0 Å². The molecule has 1 N–H and O–H groups in total. The molecule has 0 atom stereocenters. The molecule has 1 heterocycles. The molecular weight excluding hydrogens is 310 g/mol. The van der Waals surface area contributed by atoms with Crippen molar-refractivity contribution in [1.29, 1.82) is 0 Å². The summed E-state index contributed by atoms with van der Waals surface area (Å²) < 4.78 is 5.49. The number of hydrogen-bond acceptors (Lipinski definition) is 2. The lowest BCUT2D eigenvalue weighted by Crippen LogP contribution is -2.10. The second-order valence-electron chi connectivity index (χ2n) is 6.24. The molecule has 3 heteroatoms. The van der Waals surface area contributed by atoms with E-state index in [0.29, 0.717) is 11.3 Å². The lowest BCUT2D eigenvalue weighted by atomic mass is 10.1. The molecule has 0 saturated heterocycles. The Balaban J connectivity index is 1.96. The third-order valence-corrected chi connectivity index (χ3v) is 3.91. The van der Waals surface area contributed by atoms with Crippen LogP contribution in [-0.2, 0) is 0 Å². The minimum absolute atomic E-state index is 0.172. The van der Waals surface area contributed by atoms with E-state index in [9.17, 15) is 4.79 Å². The van der Waals surface area contributed by atoms with Crippen molar-refractivity contribution in [3.8, 4) is 0 Å². The summed E-state index contributed by atoms with van der Waals surface area (Å²) >= 11 is 0. The summed E-state index contributed by atoms with van der Waals surface area (Å²) in [5.74, 6) is 0.519. The number of amides is 1. The fraction of sp³-hybridized carbons (Fsp3) is 0.227. The fourth-order valence-electron chi connectivity index (χ4n) is 2.31. The second-order valence-corrected chi connectivity index (χ2v) is 6.24. The Hall–Kier alpha value is -2.81. The van der Waals surface area contributed by atoms with Gasteiger partial charge in [-0.15, -0.1) is 0 Å². The topological polar surface area (TPSA) is 42.2 Å². The Morgan fingerprint density at radius 2 is 1.96 bits per heavy atom. The van der Waals surface area contributed by atoms with E-state index in [1.54, 1.807) is 6.07 Å². The van der Waals surface area contributed by atoms with Gasteiger partial charge >= 0.3 is 0 Å². The molecule has 0 spiro atoms. The van der Waals surface area contributed by atoms with E-state index < -0.39 is 0 Å². The number of rotatable bonds is 7. The van der Waals surface area contributed by atoms with Crippen LogP contribution in [0.4, 0.5) is 5.69 Å². The Morgan fingerprint density at radius 3 is 2.64 bits per heavy atom. The number of benzene rings is 1. The predicted molar refractivity (Wildman–Crippen MR) is 105 cm³/mol. The molecule has 0 aliphatic rings. The maximum absolute atomic E-state index is 12.3. The quantitative estimate of drug-likeness (QED) is 0.616. The number of hydrogen-bond donors (Lipinski definition) is 1. The van der Waals surface area contributed by atoms with Crippen molar-refractivity contribution in [1.82, 2.24) is 0 Å². The van der Waals surface area contributed by atoms with E-state index in [1.165, 1.54) is 17.4 Å². The van der Waals surface area contributed by atoms with E-state index >= 15 is 0 Å². The molecule has 1 aromatic heterocycles. The first-order valence-electron chi connectivity index (χ1n) is 8.41. The van der Waals surface area contributed by atoms with Crippen molar-refractivity contribution in [3.63, 3.8) is 0 Å². The number of nitrogens with one attached hydrogen (secondary N) is 1. The number of carbonyl (C=O) groups is 1. The molecule has 0 unspecified atom stereocenters. The van der Waals surface area contributed by atoms with E-state index in [4.69, 9.17) is 4.42 Å². The minimum Gasteiger partial charge on any atom is -0.464 e. The van der Waals surface area contributed by atoms with E-state index in [-0.39, 0.29) is 5.91 Å². The van der Waals surface area contributed by atoms with Crippen molar-refractivity contribution >= 4 is 17.7 Å². The zero-order valence-corrected chi connectivity index (χ0v) is 15.1. The second kappa shape index (κ2) is 8.88. The summed E-state index contributed by atoms with van der Waals surface area (Å²) in [5.41, 5.74) is 4.83. The van der Waals surface area contributed by atoms with Gasteiger partial charge in [0.25, 0.3) is 5.91 Å². The fourth-order valence-corrected chi connectivity index (χ4v) is 2.31. The van der Waals surface area contributed by atoms with Crippen LogP contribution in [0, 0.1) is 6.92 Å². The normalized spacial score (nSPS) is 12.1. The molecule has 0 fully saturated rings. The summed E-state index contributed by atoms with van der Waals surface area (Å²) in [4.78, 5) is 12.3. The number of allylic oxidation sites excluding steroid dienone is 4. The highest BCUT2D eigenvalue weighted by Gasteiger charge is 2.09. The highest BCUT2D eigenvalue weighted by molar-refractivity contribution is 6.04. The summed E-state index contributed by atoms with van der Waals surface area (Å²) in [6.07, 6.45) is 9.38. The standard InChI is InChI=1S/C22H25NO2/c1-5-16(2)7-6-8-18(4)13-21-14-19(15-25-21)22(24)23-20-11-9-17(3)10-12-20/h5,7,9-15H,1,6,8H2,2-4H3,(H,23,24)/b16-7-,18-13+. The number of carbonyl (C=O) groups excluding carboxylic acids is 1. The van der Waals surface area contributed by atoms with E-state index in [2.05, 4.69) is 24.9 Å². The van der Waals surface area contributed by atoms with Crippen molar-refractivity contribution in [2.45, 2.75) is 33.6 Å². The third kappa shape index (κ3) is 5.96. The summed E-state index contributed by atoms with van der Waals surface area (Å²) in [6.45, 7) is 9.86. The van der Waals surface area contributed by atoms with Gasteiger partial charge in [-0.05, 0) is 57.9 Å². The summed E-state index contributed by atoms with van der Waals surface area (Å²) in [5, 5.41) is 2.87. The molecule has 2 aromatic rings. The summed E-state index contributed by atoms with van der Waals surface area (Å²) in [7, 11) is 0. The largest absolute Gasteiger partial charge is 0.464 e. The van der Waals surface area contributed by atoms with Gasteiger partial charge in [0.1, 0.15) is 12.0 Å². The first kappa shape index (κ1) is 18.5. The van der Waals surface area contributed by atoms with Crippen LogP contribution in [0.1, 0.15) is 48.4 Å². The Morgan fingerprint density at radius 1 is 1.24 bits per heavy atom. The zero-order chi connectivity index (χ0) is 18.2. The molecule has 1 amide bonds. The molecule has 3 nitrogen and oxygen atoms in total. The predicted octanol–water partition coefficient (Wildman–Crippen LogP) is 6.16. The Bertz CT molecular complexity index is 792. The molecule has 0 saturated carbocycles. The number of anilines is 1. The maximum atomic E-state index is 12.3. The van der Waals surface area contributed by atoms with Gasteiger partial charge in [-0.2, -0.15) is 0 Å². The van der Waals surface area contributed by atoms with Crippen LogP contribution in [0.25, 0.3) is 6.08 Å². The monoisotopic (exact) mass is 335 g/mol. The van der Waals surface area contributed by atoms with Gasteiger partial charge in [-0.3, -0.25) is 4.79 Å². The first-order valence-corrected chi connectivity index (χ1v) is 8.41. The highest BCUT2D eigenvalue weighted by Crippen LogP contribution is 2.17. The molecule has 0 bridgehead atoms. The number of furan rings is 1. The first-order chi connectivity index (χ1) is 12.0.